The lowest BCUT2D eigenvalue weighted by Gasteiger charge is -2.14. The summed E-state index contributed by atoms with van der Waals surface area (Å²) in [6.45, 7) is 0. The van der Waals surface area contributed by atoms with E-state index in [1.165, 1.54) is 6.07 Å². The van der Waals surface area contributed by atoms with Crippen LogP contribution in [0.5, 0.6) is 0 Å². The van der Waals surface area contributed by atoms with Crippen LogP contribution in [0.15, 0.2) is 36.0 Å². The molecule has 0 amide bonds. The number of hydrogen-bond donors (Lipinski definition) is 1. The Hall–Kier alpha value is -1.26. The van der Waals surface area contributed by atoms with E-state index in [2.05, 4.69) is 10.3 Å². The van der Waals surface area contributed by atoms with Crippen LogP contribution in [0.2, 0.25) is 0 Å². The second-order valence-electron chi connectivity index (χ2n) is 3.54. The lowest BCUT2D eigenvalue weighted by Crippen LogP contribution is -2.18. The van der Waals surface area contributed by atoms with Gasteiger partial charge in [-0.15, -0.1) is 11.3 Å². The SMILES string of the molecule is CNC(Cc1ccccc1F)c1cncs1. The lowest BCUT2D eigenvalue weighted by molar-refractivity contribution is 0.559. The molecule has 16 heavy (non-hydrogen) atoms. The Labute approximate surface area is 98.2 Å². The molecule has 1 unspecified atom stereocenters. The highest BCUT2D eigenvalue weighted by atomic mass is 32.1. The first-order valence-electron chi connectivity index (χ1n) is 5.10. The predicted molar refractivity (Wildman–Crippen MR) is 64.0 cm³/mol. The normalized spacial score (nSPS) is 12.6. The molecule has 1 aromatic heterocycles. The minimum Gasteiger partial charge on any atom is -0.312 e. The maximum absolute atomic E-state index is 13.5. The molecule has 1 heterocycles. The van der Waals surface area contributed by atoms with E-state index in [1.807, 2.05) is 25.4 Å². The third kappa shape index (κ3) is 2.46. The van der Waals surface area contributed by atoms with Gasteiger partial charge in [0.05, 0.1) is 5.51 Å². The Bertz CT molecular complexity index is 442. The van der Waals surface area contributed by atoms with Crippen LogP contribution in [-0.4, -0.2) is 12.0 Å². The van der Waals surface area contributed by atoms with Gasteiger partial charge in [0.25, 0.3) is 0 Å². The van der Waals surface area contributed by atoms with Gasteiger partial charge in [0.1, 0.15) is 5.82 Å². The van der Waals surface area contributed by atoms with Crippen molar-refractivity contribution < 1.29 is 4.39 Å². The summed E-state index contributed by atoms with van der Waals surface area (Å²) in [7, 11) is 1.88. The van der Waals surface area contributed by atoms with Crippen molar-refractivity contribution in [2.24, 2.45) is 0 Å². The molecule has 2 rings (SSSR count). The fraction of sp³-hybridized carbons (Fsp3) is 0.250. The Morgan fingerprint density at radius 3 is 2.88 bits per heavy atom. The molecule has 1 aromatic carbocycles. The second-order valence-corrected chi connectivity index (χ2v) is 4.46. The van der Waals surface area contributed by atoms with Gasteiger partial charge in [-0.05, 0) is 25.1 Å². The van der Waals surface area contributed by atoms with Gasteiger partial charge in [-0.25, -0.2) is 4.39 Å². The molecule has 0 aliphatic rings. The highest BCUT2D eigenvalue weighted by Crippen LogP contribution is 2.22. The summed E-state index contributed by atoms with van der Waals surface area (Å²) in [5.41, 5.74) is 2.52. The summed E-state index contributed by atoms with van der Waals surface area (Å²) >= 11 is 1.58. The van der Waals surface area contributed by atoms with E-state index >= 15 is 0 Å². The maximum atomic E-state index is 13.5. The van der Waals surface area contributed by atoms with Crippen LogP contribution >= 0.6 is 11.3 Å². The molecule has 2 nitrogen and oxygen atoms in total. The minimum atomic E-state index is -0.146. The summed E-state index contributed by atoms with van der Waals surface area (Å²) in [4.78, 5) is 5.17. The van der Waals surface area contributed by atoms with Crippen LogP contribution in [0.3, 0.4) is 0 Å². The van der Waals surface area contributed by atoms with Gasteiger partial charge in [-0.3, -0.25) is 4.98 Å². The molecule has 4 heteroatoms. The van der Waals surface area contributed by atoms with Crippen molar-refractivity contribution in [3.05, 3.63) is 52.2 Å². The number of nitrogens with zero attached hydrogens (tertiary/aromatic N) is 1. The van der Waals surface area contributed by atoms with E-state index in [0.717, 1.165) is 10.4 Å². The van der Waals surface area contributed by atoms with E-state index in [-0.39, 0.29) is 11.9 Å². The Kier molecular flexibility index (Phi) is 3.64. The number of hydrogen-bond acceptors (Lipinski definition) is 3. The van der Waals surface area contributed by atoms with Crippen molar-refractivity contribution in [3.8, 4) is 0 Å². The van der Waals surface area contributed by atoms with E-state index in [0.29, 0.717) is 6.42 Å². The molecule has 0 spiro atoms. The zero-order valence-electron chi connectivity index (χ0n) is 8.98. The van der Waals surface area contributed by atoms with Gasteiger partial charge in [-0.2, -0.15) is 0 Å². The van der Waals surface area contributed by atoms with Gasteiger partial charge in [0.2, 0.25) is 0 Å². The summed E-state index contributed by atoms with van der Waals surface area (Å²) in [6.07, 6.45) is 2.47. The zero-order chi connectivity index (χ0) is 11.4. The average Bonchev–Trinajstić information content (AvgIpc) is 2.81. The summed E-state index contributed by atoms with van der Waals surface area (Å²) < 4.78 is 13.5. The van der Waals surface area contributed by atoms with E-state index < -0.39 is 0 Å². The van der Waals surface area contributed by atoms with Crippen molar-refractivity contribution in [1.29, 1.82) is 0 Å². The van der Waals surface area contributed by atoms with Crippen LogP contribution in [-0.2, 0) is 6.42 Å². The van der Waals surface area contributed by atoms with E-state index in [9.17, 15) is 4.39 Å². The van der Waals surface area contributed by atoms with Gasteiger partial charge in [0, 0.05) is 17.1 Å². The van der Waals surface area contributed by atoms with Crippen LogP contribution in [0.1, 0.15) is 16.5 Å². The van der Waals surface area contributed by atoms with Crippen molar-refractivity contribution in [2.75, 3.05) is 7.05 Å². The minimum absolute atomic E-state index is 0.129. The van der Waals surface area contributed by atoms with Gasteiger partial charge in [0.15, 0.2) is 0 Å². The number of nitrogens with one attached hydrogen (secondary N) is 1. The van der Waals surface area contributed by atoms with Crippen molar-refractivity contribution >= 4 is 11.3 Å². The van der Waals surface area contributed by atoms with E-state index in [1.54, 1.807) is 22.9 Å². The Balaban J connectivity index is 2.17. The summed E-state index contributed by atoms with van der Waals surface area (Å²) in [5, 5.41) is 3.18. The number of thiazole rings is 1. The molecule has 0 bridgehead atoms. The molecule has 0 aliphatic carbocycles. The first-order valence-corrected chi connectivity index (χ1v) is 5.98. The van der Waals surface area contributed by atoms with Gasteiger partial charge >= 0.3 is 0 Å². The third-order valence-electron chi connectivity index (χ3n) is 2.53. The van der Waals surface area contributed by atoms with Crippen molar-refractivity contribution in [3.63, 3.8) is 0 Å². The largest absolute Gasteiger partial charge is 0.312 e. The van der Waals surface area contributed by atoms with Crippen molar-refractivity contribution in [1.82, 2.24) is 10.3 Å². The molecule has 0 radical (unpaired) electrons. The fourth-order valence-electron chi connectivity index (χ4n) is 1.63. The Morgan fingerprint density at radius 2 is 2.25 bits per heavy atom. The molecule has 0 saturated heterocycles. The molecular formula is C12H13FN2S. The van der Waals surface area contributed by atoms with E-state index in [4.69, 9.17) is 0 Å². The Morgan fingerprint density at radius 1 is 1.44 bits per heavy atom. The number of aromatic nitrogens is 1. The molecule has 1 atom stereocenters. The lowest BCUT2D eigenvalue weighted by atomic mass is 10.0. The monoisotopic (exact) mass is 236 g/mol. The molecule has 1 N–H and O–H groups in total. The maximum Gasteiger partial charge on any atom is 0.126 e. The fourth-order valence-corrected chi connectivity index (χ4v) is 2.36. The number of benzene rings is 1. The number of rotatable bonds is 4. The first-order chi connectivity index (χ1) is 7.81. The van der Waals surface area contributed by atoms with Crippen LogP contribution in [0, 0.1) is 5.82 Å². The molecule has 0 fully saturated rings. The molecule has 2 aromatic rings. The zero-order valence-corrected chi connectivity index (χ0v) is 9.80. The second kappa shape index (κ2) is 5.18. The molecule has 0 saturated carbocycles. The molecule has 84 valence electrons. The van der Waals surface area contributed by atoms with Crippen LogP contribution < -0.4 is 5.32 Å². The molecule has 0 aliphatic heterocycles. The van der Waals surface area contributed by atoms with Crippen LogP contribution in [0.25, 0.3) is 0 Å². The number of likely N-dealkylation sites (N-methyl/N-ethyl adjacent to an activating group) is 1. The van der Waals surface area contributed by atoms with Gasteiger partial charge in [-0.1, -0.05) is 18.2 Å². The quantitative estimate of drug-likeness (QED) is 0.883. The highest BCUT2D eigenvalue weighted by molar-refractivity contribution is 7.09. The van der Waals surface area contributed by atoms with Gasteiger partial charge < -0.3 is 5.32 Å². The average molecular weight is 236 g/mol. The summed E-state index contributed by atoms with van der Waals surface area (Å²) in [5.74, 6) is -0.146. The standard InChI is InChI=1S/C12H13FN2S/c1-14-11(12-7-15-8-16-12)6-9-4-2-3-5-10(9)13/h2-5,7-8,11,14H,6H2,1H3. The van der Waals surface area contributed by atoms with Crippen molar-refractivity contribution in [2.45, 2.75) is 12.5 Å². The topological polar surface area (TPSA) is 24.9 Å². The first kappa shape index (κ1) is 11.2. The molecular weight excluding hydrogens is 223 g/mol. The predicted octanol–water partition coefficient (Wildman–Crippen LogP) is 2.79. The highest BCUT2D eigenvalue weighted by Gasteiger charge is 2.13. The van der Waals surface area contributed by atoms with Crippen LogP contribution in [0.4, 0.5) is 4.39 Å². The smallest absolute Gasteiger partial charge is 0.126 e. The summed E-state index contributed by atoms with van der Waals surface area (Å²) in [6, 6.07) is 7.01. The third-order valence-corrected chi connectivity index (χ3v) is 3.41. The number of halogens is 1.